The van der Waals surface area contributed by atoms with Crippen LogP contribution in [0.15, 0.2) is 48.5 Å². The number of benzene rings is 2. The fraction of sp³-hybridized carbons (Fsp3) is 0.364. The summed E-state index contributed by atoms with van der Waals surface area (Å²) in [4.78, 5) is 23.3. The normalized spacial score (nSPS) is 21.0. The van der Waals surface area contributed by atoms with Gasteiger partial charge in [-0.3, -0.25) is 9.59 Å². The molecule has 2 fully saturated rings. The minimum absolute atomic E-state index is 0.00200. The van der Waals surface area contributed by atoms with Gasteiger partial charge in [-0.1, -0.05) is 36.4 Å². The van der Waals surface area contributed by atoms with Crippen LogP contribution in [0.1, 0.15) is 30.4 Å². The van der Waals surface area contributed by atoms with Gasteiger partial charge in [0.25, 0.3) is 0 Å². The maximum Gasteiger partial charge on any atom is 0.315 e. The molecule has 2 aromatic rings. The number of ether oxygens (including phenoxy) is 2. The van der Waals surface area contributed by atoms with Crippen LogP contribution in [0, 0.1) is 0 Å². The second kappa shape index (κ2) is 7.25. The number of carbonyl (C=O) groups excluding carboxylic acids is 1. The van der Waals surface area contributed by atoms with Gasteiger partial charge in [-0.05, 0) is 40.8 Å². The first kappa shape index (κ1) is 17.9. The Kier molecular flexibility index (Phi) is 4.81. The molecule has 0 amide bonds. The Hall–Kier alpha value is -2.50. The summed E-state index contributed by atoms with van der Waals surface area (Å²) >= 11 is 0. The van der Waals surface area contributed by atoms with E-state index >= 15 is 0 Å². The molecule has 5 heteroatoms. The van der Waals surface area contributed by atoms with Crippen molar-refractivity contribution in [2.24, 2.45) is 0 Å². The lowest BCUT2D eigenvalue weighted by Crippen LogP contribution is -2.48. The number of hydrogen-bond acceptors (Lipinski definition) is 4. The second-order valence-corrected chi connectivity index (χ2v) is 7.36. The molecule has 0 spiro atoms. The SMILES string of the molecule is O=C1CC(C(=O)O)(c2cccc(-c3cccc(COC4CCOC4)c3)c2)C1. The summed E-state index contributed by atoms with van der Waals surface area (Å²) in [5.41, 5.74) is 2.63. The highest BCUT2D eigenvalue weighted by Gasteiger charge is 2.51. The highest BCUT2D eigenvalue weighted by atomic mass is 16.5. The third kappa shape index (κ3) is 3.53. The molecule has 27 heavy (non-hydrogen) atoms. The number of aliphatic carboxylic acids is 1. The van der Waals surface area contributed by atoms with Gasteiger partial charge in [-0.2, -0.15) is 0 Å². The molecule has 1 saturated carbocycles. The van der Waals surface area contributed by atoms with Gasteiger partial charge in [-0.25, -0.2) is 0 Å². The molecule has 0 bridgehead atoms. The molecule has 2 aromatic carbocycles. The van der Waals surface area contributed by atoms with Gasteiger partial charge in [-0.15, -0.1) is 0 Å². The Balaban J connectivity index is 1.56. The van der Waals surface area contributed by atoms with Gasteiger partial charge < -0.3 is 14.6 Å². The van der Waals surface area contributed by atoms with Crippen molar-refractivity contribution in [1.82, 2.24) is 0 Å². The van der Waals surface area contributed by atoms with E-state index in [-0.39, 0.29) is 24.7 Å². The van der Waals surface area contributed by atoms with E-state index in [1.807, 2.05) is 36.4 Å². The van der Waals surface area contributed by atoms with Crippen LogP contribution in [-0.4, -0.2) is 36.2 Å². The lowest BCUT2D eigenvalue weighted by molar-refractivity contribution is -0.153. The van der Waals surface area contributed by atoms with Crippen LogP contribution in [0.25, 0.3) is 11.1 Å². The summed E-state index contributed by atoms with van der Waals surface area (Å²) in [6.07, 6.45) is 1.23. The fourth-order valence-corrected chi connectivity index (χ4v) is 3.80. The molecule has 1 aliphatic carbocycles. The number of rotatable bonds is 6. The highest BCUT2D eigenvalue weighted by molar-refractivity contribution is 6.01. The molecule has 5 nitrogen and oxygen atoms in total. The lowest BCUT2D eigenvalue weighted by atomic mass is 9.63. The number of hydrogen-bond donors (Lipinski definition) is 1. The van der Waals surface area contributed by atoms with Crippen molar-refractivity contribution in [3.63, 3.8) is 0 Å². The largest absolute Gasteiger partial charge is 0.481 e. The van der Waals surface area contributed by atoms with Gasteiger partial charge >= 0.3 is 5.97 Å². The van der Waals surface area contributed by atoms with Crippen LogP contribution in [0.5, 0.6) is 0 Å². The zero-order valence-corrected chi connectivity index (χ0v) is 15.0. The van der Waals surface area contributed by atoms with Gasteiger partial charge in [0.2, 0.25) is 0 Å². The summed E-state index contributed by atoms with van der Waals surface area (Å²) in [6, 6.07) is 15.6. The summed E-state index contributed by atoms with van der Waals surface area (Å²) in [5, 5.41) is 9.66. The number of ketones is 1. The van der Waals surface area contributed by atoms with E-state index in [1.165, 1.54) is 0 Å². The summed E-state index contributed by atoms with van der Waals surface area (Å²) in [7, 11) is 0. The molecule has 4 rings (SSSR count). The topological polar surface area (TPSA) is 72.8 Å². The molecule has 1 aliphatic heterocycles. The summed E-state index contributed by atoms with van der Waals surface area (Å²) in [6.45, 7) is 1.93. The Morgan fingerprint density at radius 3 is 2.56 bits per heavy atom. The Morgan fingerprint density at radius 2 is 1.89 bits per heavy atom. The van der Waals surface area contributed by atoms with Gasteiger partial charge in [0, 0.05) is 19.4 Å². The number of Topliss-reactive ketones (excluding diaryl/α,β-unsaturated/α-hetero) is 1. The van der Waals surface area contributed by atoms with Crippen molar-refractivity contribution in [1.29, 1.82) is 0 Å². The van der Waals surface area contributed by atoms with Crippen LogP contribution >= 0.6 is 0 Å². The zero-order chi connectivity index (χ0) is 18.9. The molecular formula is C22H22O5. The van der Waals surface area contributed by atoms with Gasteiger partial charge in [0.15, 0.2) is 0 Å². The molecular weight excluding hydrogens is 344 g/mol. The quantitative estimate of drug-likeness (QED) is 0.849. The average molecular weight is 366 g/mol. The van der Waals surface area contributed by atoms with E-state index in [2.05, 4.69) is 6.07 Å². The molecule has 1 unspecified atom stereocenters. The third-order valence-corrected chi connectivity index (χ3v) is 5.46. The first-order chi connectivity index (χ1) is 13.1. The Labute approximate surface area is 157 Å². The average Bonchev–Trinajstić information content (AvgIpc) is 3.17. The van der Waals surface area contributed by atoms with E-state index in [9.17, 15) is 14.7 Å². The fourth-order valence-electron chi connectivity index (χ4n) is 3.80. The van der Waals surface area contributed by atoms with Crippen LogP contribution in [0.2, 0.25) is 0 Å². The van der Waals surface area contributed by atoms with Crippen molar-refractivity contribution in [3.05, 3.63) is 59.7 Å². The molecule has 2 aliphatic rings. The standard InChI is InChI=1S/C22H22O5/c23-19-11-22(12-19,21(24)25)18-6-2-5-17(10-18)16-4-1-3-15(9-16)13-27-20-7-8-26-14-20/h1-6,9-10,20H,7-8,11-14H2,(H,24,25). The van der Waals surface area contributed by atoms with Crippen LogP contribution in [0.4, 0.5) is 0 Å². The third-order valence-electron chi connectivity index (χ3n) is 5.46. The van der Waals surface area contributed by atoms with Crippen LogP contribution < -0.4 is 0 Å². The first-order valence-electron chi connectivity index (χ1n) is 9.21. The Bertz CT molecular complexity index is 859. The zero-order valence-electron chi connectivity index (χ0n) is 15.0. The predicted octanol–water partition coefficient (Wildman–Crippen LogP) is 3.34. The number of carbonyl (C=O) groups is 2. The van der Waals surface area contributed by atoms with Crippen molar-refractivity contribution < 1.29 is 24.2 Å². The smallest absolute Gasteiger partial charge is 0.315 e. The predicted molar refractivity (Wildman–Crippen MR) is 99.4 cm³/mol. The summed E-state index contributed by atoms with van der Waals surface area (Å²) in [5.74, 6) is -0.932. The number of carboxylic acids is 1. The Morgan fingerprint density at radius 1 is 1.15 bits per heavy atom. The maximum atomic E-state index is 11.8. The van der Waals surface area contributed by atoms with E-state index in [1.54, 1.807) is 6.07 Å². The number of carboxylic acid groups (broad SMARTS) is 1. The van der Waals surface area contributed by atoms with Crippen molar-refractivity contribution in [2.75, 3.05) is 13.2 Å². The van der Waals surface area contributed by atoms with E-state index in [4.69, 9.17) is 9.47 Å². The second-order valence-electron chi connectivity index (χ2n) is 7.36. The van der Waals surface area contributed by atoms with Crippen molar-refractivity contribution in [2.45, 2.75) is 37.4 Å². The highest BCUT2D eigenvalue weighted by Crippen LogP contribution is 2.42. The lowest BCUT2D eigenvalue weighted by Gasteiger charge is -2.36. The van der Waals surface area contributed by atoms with Crippen molar-refractivity contribution in [3.8, 4) is 11.1 Å². The molecule has 1 saturated heterocycles. The molecule has 1 heterocycles. The molecule has 0 radical (unpaired) electrons. The van der Waals surface area contributed by atoms with E-state index in [0.29, 0.717) is 18.8 Å². The molecule has 0 aromatic heterocycles. The van der Waals surface area contributed by atoms with Gasteiger partial charge in [0.1, 0.15) is 11.2 Å². The van der Waals surface area contributed by atoms with Crippen LogP contribution in [-0.2, 0) is 31.1 Å². The van der Waals surface area contributed by atoms with E-state index < -0.39 is 11.4 Å². The monoisotopic (exact) mass is 366 g/mol. The molecule has 1 atom stereocenters. The van der Waals surface area contributed by atoms with Gasteiger partial charge in [0.05, 0.1) is 19.3 Å². The van der Waals surface area contributed by atoms with Crippen LogP contribution in [0.3, 0.4) is 0 Å². The first-order valence-corrected chi connectivity index (χ1v) is 9.21. The summed E-state index contributed by atoms with van der Waals surface area (Å²) < 4.78 is 11.2. The van der Waals surface area contributed by atoms with Crippen molar-refractivity contribution >= 4 is 11.8 Å². The molecule has 1 N–H and O–H groups in total. The minimum Gasteiger partial charge on any atom is -0.481 e. The maximum absolute atomic E-state index is 11.8. The molecule has 140 valence electrons. The van der Waals surface area contributed by atoms with E-state index in [0.717, 1.165) is 29.7 Å². The minimum atomic E-state index is -1.07.